The lowest BCUT2D eigenvalue weighted by molar-refractivity contribution is -0.137. The first-order valence-electron chi connectivity index (χ1n) is 11.3. The highest BCUT2D eigenvalue weighted by atomic mass is 32.2. The molecule has 1 aromatic rings. The minimum Gasteiger partial charge on any atom is -0.454 e. The van der Waals surface area contributed by atoms with E-state index in [-0.39, 0.29) is 29.4 Å². The van der Waals surface area contributed by atoms with Gasteiger partial charge in [0.25, 0.3) is 5.91 Å². The monoisotopic (exact) mass is 446 g/mol. The number of carbonyl (C=O) groups excluding carboxylic acids is 2. The van der Waals surface area contributed by atoms with Gasteiger partial charge < -0.3 is 14.4 Å². The molecule has 0 bridgehead atoms. The summed E-state index contributed by atoms with van der Waals surface area (Å²) in [6, 6.07) is 5.05. The molecule has 1 spiro atoms. The summed E-state index contributed by atoms with van der Waals surface area (Å²) in [5.74, 6) is 0.756. The highest BCUT2D eigenvalue weighted by Gasteiger charge is 2.46. The van der Waals surface area contributed by atoms with Crippen molar-refractivity contribution in [2.24, 2.45) is 15.7 Å². The molecule has 3 fully saturated rings. The van der Waals surface area contributed by atoms with Crippen LogP contribution < -0.4 is 9.47 Å². The zero-order valence-corrected chi connectivity index (χ0v) is 18.8. The van der Waals surface area contributed by atoms with Gasteiger partial charge in [0.05, 0.1) is 15.3 Å². The molecule has 4 aliphatic rings. The van der Waals surface area contributed by atoms with E-state index in [2.05, 4.69) is 4.36 Å². The van der Waals surface area contributed by atoms with Crippen molar-refractivity contribution in [3.63, 3.8) is 0 Å². The summed E-state index contributed by atoms with van der Waals surface area (Å²) in [7, 11) is -2.74. The van der Waals surface area contributed by atoms with E-state index in [9.17, 15) is 13.8 Å². The number of piperidine rings is 1. The number of para-hydroxylation sites is 1. The van der Waals surface area contributed by atoms with Crippen LogP contribution in [0, 0.1) is 11.3 Å². The van der Waals surface area contributed by atoms with Crippen LogP contribution in [0.4, 0.5) is 0 Å². The van der Waals surface area contributed by atoms with Crippen LogP contribution in [-0.2, 0) is 14.5 Å². The molecule has 1 atom stereocenters. The maximum Gasteiger partial charge on any atom is 0.288 e. The van der Waals surface area contributed by atoms with Crippen LogP contribution in [0.15, 0.2) is 22.6 Å². The number of amides is 2. The highest BCUT2D eigenvalue weighted by molar-refractivity contribution is 7.93. The average molecular weight is 447 g/mol. The molecule has 8 heteroatoms. The van der Waals surface area contributed by atoms with E-state index < -0.39 is 15.6 Å². The van der Waals surface area contributed by atoms with E-state index in [1.807, 2.05) is 4.90 Å². The summed E-state index contributed by atoms with van der Waals surface area (Å²) in [5.41, 5.74) is 0.865. The fourth-order valence-corrected chi connectivity index (χ4v) is 6.97. The fourth-order valence-electron chi connectivity index (χ4n) is 5.31. The van der Waals surface area contributed by atoms with E-state index in [4.69, 9.17) is 9.47 Å². The zero-order chi connectivity index (χ0) is 21.6. The van der Waals surface area contributed by atoms with Gasteiger partial charge in [-0.3, -0.25) is 9.59 Å². The molecule has 2 aliphatic carbocycles. The molecule has 2 amide bonds. The largest absolute Gasteiger partial charge is 0.454 e. The number of likely N-dealkylation sites (tertiary alicyclic amines) is 1. The quantitative estimate of drug-likeness (QED) is 0.708. The smallest absolute Gasteiger partial charge is 0.288 e. The summed E-state index contributed by atoms with van der Waals surface area (Å²) in [4.78, 5) is 27.7. The molecule has 5 rings (SSSR count). The van der Waals surface area contributed by atoms with Crippen molar-refractivity contribution < 1.29 is 23.3 Å². The predicted octanol–water partition coefficient (Wildman–Crippen LogP) is 3.61. The predicted molar refractivity (Wildman–Crippen MR) is 117 cm³/mol. The number of rotatable bonds is 3. The Labute approximate surface area is 183 Å². The van der Waals surface area contributed by atoms with Crippen molar-refractivity contribution in [2.75, 3.05) is 26.1 Å². The van der Waals surface area contributed by atoms with Crippen molar-refractivity contribution in [3.05, 3.63) is 23.8 Å². The van der Waals surface area contributed by atoms with Crippen LogP contribution in [-0.4, -0.2) is 52.3 Å². The molecule has 1 aromatic carbocycles. The number of benzene rings is 1. The third-order valence-corrected chi connectivity index (χ3v) is 9.85. The third kappa shape index (κ3) is 4.06. The summed E-state index contributed by atoms with van der Waals surface area (Å²) >= 11 is 0. The molecule has 1 saturated heterocycles. The number of hydrogen-bond donors (Lipinski definition) is 0. The van der Waals surface area contributed by atoms with Crippen LogP contribution in [0.25, 0.3) is 0 Å². The molecule has 2 aliphatic heterocycles. The van der Waals surface area contributed by atoms with Crippen molar-refractivity contribution in [2.45, 2.75) is 56.6 Å². The second-order valence-corrected chi connectivity index (χ2v) is 12.2. The second-order valence-electron chi connectivity index (χ2n) is 9.60. The number of fused-ring (bicyclic) bond motifs is 1. The van der Waals surface area contributed by atoms with Crippen molar-refractivity contribution in [1.29, 1.82) is 0 Å². The molecule has 1 unspecified atom stereocenters. The first kappa shape index (κ1) is 20.8. The Hall–Kier alpha value is -2.09. The van der Waals surface area contributed by atoms with Gasteiger partial charge in [-0.1, -0.05) is 6.07 Å². The fraction of sp³-hybridized carbons (Fsp3) is 0.652. The minimum absolute atomic E-state index is 0.0651. The van der Waals surface area contributed by atoms with Crippen LogP contribution >= 0.6 is 0 Å². The van der Waals surface area contributed by atoms with Gasteiger partial charge in [0.2, 0.25) is 12.7 Å². The van der Waals surface area contributed by atoms with Crippen LogP contribution in [0.1, 0.15) is 61.7 Å². The van der Waals surface area contributed by atoms with E-state index >= 15 is 0 Å². The SMILES string of the molecule is CS(=O)(=NC(=O)c1cccc2c1OCO2)C1CCN(C(=O)C2CCC3(CC2)CC3)CC1. The zero-order valence-electron chi connectivity index (χ0n) is 18.0. The Bertz CT molecular complexity index is 1010. The second kappa shape index (κ2) is 7.80. The molecule has 2 heterocycles. The number of ether oxygens (including phenoxy) is 2. The normalized spacial score (nSPS) is 24.6. The lowest BCUT2D eigenvalue weighted by Crippen LogP contribution is -2.45. The standard InChI is InChI=1S/C23H30N2O5S/c1-31(28,24-21(26)18-3-2-4-19-20(18)30-15-29-19)17-7-13-25(14-8-17)22(27)16-5-9-23(10-6-16)11-12-23/h2-4,16-17H,5-15H2,1H3. The highest BCUT2D eigenvalue weighted by Crippen LogP contribution is 2.57. The maximum absolute atomic E-state index is 13.3. The average Bonchev–Trinajstić information content (AvgIpc) is 3.34. The molecule has 0 radical (unpaired) electrons. The van der Waals surface area contributed by atoms with Crippen LogP contribution in [0.5, 0.6) is 11.5 Å². The van der Waals surface area contributed by atoms with Crippen molar-refractivity contribution >= 4 is 21.5 Å². The van der Waals surface area contributed by atoms with Gasteiger partial charge in [-0.25, -0.2) is 4.21 Å². The Morgan fingerprint density at radius 3 is 2.45 bits per heavy atom. The van der Waals surface area contributed by atoms with Crippen molar-refractivity contribution in [1.82, 2.24) is 4.90 Å². The first-order chi connectivity index (χ1) is 14.9. The van der Waals surface area contributed by atoms with E-state index in [0.29, 0.717) is 42.8 Å². The molecule has 0 aromatic heterocycles. The molecular formula is C23H30N2O5S. The lowest BCUT2D eigenvalue weighted by Gasteiger charge is -2.36. The number of hydrogen-bond acceptors (Lipinski definition) is 5. The summed E-state index contributed by atoms with van der Waals surface area (Å²) < 4.78 is 28.1. The van der Waals surface area contributed by atoms with Crippen LogP contribution in [0.3, 0.4) is 0 Å². The topological polar surface area (TPSA) is 85.3 Å². The Morgan fingerprint density at radius 1 is 1.06 bits per heavy atom. The van der Waals surface area contributed by atoms with Gasteiger partial charge >= 0.3 is 0 Å². The maximum atomic E-state index is 13.3. The minimum atomic E-state index is -2.74. The molecule has 168 valence electrons. The lowest BCUT2D eigenvalue weighted by atomic mass is 9.79. The van der Waals surface area contributed by atoms with Gasteiger partial charge in [-0.05, 0) is 68.9 Å². The molecule has 0 N–H and O–H groups in total. The molecule has 2 saturated carbocycles. The van der Waals surface area contributed by atoms with Gasteiger partial charge in [0, 0.05) is 30.5 Å². The molecule has 7 nitrogen and oxygen atoms in total. The van der Waals surface area contributed by atoms with Gasteiger partial charge in [0.1, 0.15) is 0 Å². The van der Waals surface area contributed by atoms with E-state index in [1.54, 1.807) is 24.5 Å². The summed E-state index contributed by atoms with van der Waals surface area (Å²) in [6.07, 6.45) is 9.89. The summed E-state index contributed by atoms with van der Waals surface area (Å²) in [6.45, 7) is 1.25. The summed E-state index contributed by atoms with van der Waals surface area (Å²) in [5, 5.41) is -0.199. The third-order valence-electron chi connectivity index (χ3n) is 7.62. The van der Waals surface area contributed by atoms with E-state index in [0.717, 1.165) is 12.8 Å². The van der Waals surface area contributed by atoms with Gasteiger partial charge in [0.15, 0.2) is 11.5 Å². The number of carbonyl (C=O) groups is 2. The van der Waals surface area contributed by atoms with E-state index in [1.165, 1.54) is 25.7 Å². The molecule has 31 heavy (non-hydrogen) atoms. The Morgan fingerprint density at radius 2 is 1.77 bits per heavy atom. The first-order valence-corrected chi connectivity index (χ1v) is 13.3. The van der Waals surface area contributed by atoms with Gasteiger partial charge in [-0.2, -0.15) is 4.36 Å². The van der Waals surface area contributed by atoms with Gasteiger partial charge in [-0.15, -0.1) is 0 Å². The van der Waals surface area contributed by atoms with Crippen LogP contribution in [0.2, 0.25) is 0 Å². The Kier molecular flexibility index (Phi) is 5.23. The molecular weight excluding hydrogens is 416 g/mol. The van der Waals surface area contributed by atoms with Crippen molar-refractivity contribution in [3.8, 4) is 11.5 Å². The number of nitrogens with zero attached hydrogens (tertiary/aromatic N) is 2. The Balaban J connectivity index is 1.21.